The number of hydrogen-bond acceptors (Lipinski definition) is 7. The first-order chi connectivity index (χ1) is 16.9. The molecule has 196 valence electrons. The Bertz CT molecular complexity index is 812. The lowest BCUT2D eigenvalue weighted by molar-refractivity contribution is -0.164. The van der Waals surface area contributed by atoms with Gasteiger partial charge in [0.05, 0.1) is 13.7 Å². The first kappa shape index (κ1) is 28.7. The third kappa shape index (κ3) is 7.74. The zero-order chi connectivity index (χ0) is 25.8. The number of benzene rings is 1. The largest absolute Gasteiger partial charge is 0.497 e. The molecule has 0 saturated carbocycles. The molecule has 1 N–H and O–H groups in total. The number of amides is 4. The summed E-state index contributed by atoms with van der Waals surface area (Å²) in [4.78, 5) is 42.2. The zero-order valence-electron chi connectivity index (χ0n) is 21.4. The van der Waals surface area contributed by atoms with Crippen LogP contribution in [0, 0.1) is 0 Å². The molecule has 0 bridgehead atoms. The van der Waals surface area contributed by atoms with Crippen molar-refractivity contribution < 1.29 is 23.9 Å². The summed E-state index contributed by atoms with van der Waals surface area (Å²) in [5.74, 6) is 1.38. The topological polar surface area (TPSA) is 94.7 Å². The van der Waals surface area contributed by atoms with Crippen molar-refractivity contribution in [3.63, 3.8) is 0 Å². The van der Waals surface area contributed by atoms with E-state index in [2.05, 4.69) is 5.32 Å². The Morgan fingerprint density at radius 3 is 2.57 bits per heavy atom. The van der Waals surface area contributed by atoms with Gasteiger partial charge in [-0.15, -0.1) is 0 Å². The summed E-state index contributed by atoms with van der Waals surface area (Å²) in [6.45, 7) is 4.07. The predicted molar refractivity (Wildman–Crippen MR) is 137 cm³/mol. The minimum Gasteiger partial charge on any atom is -0.497 e. The summed E-state index contributed by atoms with van der Waals surface area (Å²) >= 11 is 1.62. The lowest BCUT2D eigenvalue weighted by Gasteiger charge is -2.50. The molecular weight excluding hydrogens is 470 g/mol. The van der Waals surface area contributed by atoms with Crippen LogP contribution in [0.4, 0.5) is 4.79 Å². The summed E-state index contributed by atoms with van der Waals surface area (Å²) < 4.78 is 10.4. The van der Waals surface area contributed by atoms with E-state index in [4.69, 9.17) is 9.47 Å². The zero-order valence-corrected chi connectivity index (χ0v) is 22.3. The standard InChI is InChI=1S/C24H39N5O5S/c1-6-26(2)29(24(32)25-16-19-8-10-20(34-4)11-9-19)22-17-27(13-7-14-33-3)23(31)21(12-15-35-5)28(22)18-30/h8-11,18,21-22H,6-7,12-17H2,1-5H3,(H,25,32)/t21-,22?/m0/s1. The minimum absolute atomic E-state index is 0.0868. The maximum Gasteiger partial charge on any atom is 0.334 e. The number of ether oxygens (including phenoxy) is 2. The molecule has 0 spiro atoms. The summed E-state index contributed by atoms with van der Waals surface area (Å²) in [6.07, 6.45) is 3.25. The van der Waals surface area contributed by atoms with E-state index in [1.165, 1.54) is 4.90 Å². The van der Waals surface area contributed by atoms with E-state index in [9.17, 15) is 14.4 Å². The molecule has 0 aliphatic carbocycles. The van der Waals surface area contributed by atoms with Gasteiger partial charge in [-0.05, 0) is 42.5 Å². The number of hydrogen-bond donors (Lipinski definition) is 1. The van der Waals surface area contributed by atoms with Crippen molar-refractivity contribution in [2.24, 2.45) is 0 Å². The van der Waals surface area contributed by atoms with Crippen LogP contribution in [0.2, 0.25) is 0 Å². The number of nitrogens with zero attached hydrogens (tertiary/aromatic N) is 4. The van der Waals surface area contributed by atoms with Gasteiger partial charge >= 0.3 is 6.03 Å². The van der Waals surface area contributed by atoms with Gasteiger partial charge in [-0.3, -0.25) is 9.59 Å². The minimum atomic E-state index is -0.625. The Kier molecular flexibility index (Phi) is 12.1. The van der Waals surface area contributed by atoms with Gasteiger partial charge in [-0.25, -0.2) is 14.8 Å². The molecule has 1 saturated heterocycles. The average molecular weight is 510 g/mol. The van der Waals surface area contributed by atoms with Crippen molar-refractivity contribution in [1.82, 2.24) is 25.1 Å². The molecule has 2 rings (SSSR count). The second-order valence-corrected chi connectivity index (χ2v) is 9.27. The van der Waals surface area contributed by atoms with Gasteiger partial charge in [0.2, 0.25) is 12.3 Å². The summed E-state index contributed by atoms with van der Waals surface area (Å²) in [7, 11) is 5.04. The van der Waals surface area contributed by atoms with E-state index in [0.29, 0.717) is 45.5 Å². The number of nitrogens with one attached hydrogen (secondary N) is 1. The SMILES string of the molecule is CCN(C)N(C(=O)NCc1ccc(OC)cc1)C1CN(CCCOC)C(=O)[C@H](CCSC)N1C=O. The van der Waals surface area contributed by atoms with Crippen LogP contribution in [0.1, 0.15) is 25.3 Å². The van der Waals surface area contributed by atoms with E-state index in [-0.39, 0.29) is 18.5 Å². The monoisotopic (exact) mass is 509 g/mol. The second-order valence-electron chi connectivity index (χ2n) is 8.29. The van der Waals surface area contributed by atoms with Crippen LogP contribution in [0.3, 0.4) is 0 Å². The molecule has 11 heteroatoms. The van der Waals surface area contributed by atoms with Crippen molar-refractivity contribution in [2.75, 3.05) is 59.5 Å². The Labute approximate surface area is 212 Å². The van der Waals surface area contributed by atoms with Crippen LogP contribution >= 0.6 is 11.8 Å². The van der Waals surface area contributed by atoms with Gasteiger partial charge < -0.3 is 24.6 Å². The molecule has 1 aromatic rings. The highest BCUT2D eigenvalue weighted by Crippen LogP contribution is 2.23. The molecule has 1 aromatic carbocycles. The van der Waals surface area contributed by atoms with E-state index >= 15 is 0 Å². The van der Waals surface area contributed by atoms with Crippen LogP contribution in [0.15, 0.2) is 24.3 Å². The van der Waals surface area contributed by atoms with Gasteiger partial charge in [0.1, 0.15) is 18.0 Å². The predicted octanol–water partition coefficient (Wildman–Crippen LogP) is 1.86. The number of carbonyl (C=O) groups is 3. The van der Waals surface area contributed by atoms with E-state index in [1.807, 2.05) is 37.4 Å². The number of thioether (sulfide) groups is 1. The fraction of sp³-hybridized carbons (Fsp3) is 0.625. The molecule has 35 heavy (non-hydrogen) atoms. The van der Waals surface area contributed by atoms with Gasteiger partial charge in [0.15, 0.2) is 0 Å². The van der Waals surface area contributed by atoms with Crippen LogP contribution < -0.4 is 10.1 Å². The van der Waals surface area contributed by atoms with E-state index in [1.54, 1.807) is 47.9 Å². The molecule has 0 aromatic heterocycles. The fourth-order valence-corrected chi connectivity index (χ4v) is 4.51. The first-order valence-electron chi connectivity index (χ1n) is 11.8. The molecule has 4 amide bonds. The smallest absolute Gasteiger partial charge is 0.334 e. The molecule has 10 nitrogen and oxygen atoms in total. The van der Waals surface area contributed by atoms with Gasteiger partial charge in [-0.2, -0.15) is 11.8 Å². The van der Waals surface area contributed by atoms with Crippen LogP contribution in [0.25, 0.3) is 0 Å². The molecule has 0 radical (unpaired) electrons. The highest BCUT2D eigenvalue weighted by atomic mass is 32.2. The van der Waals surface area contributed by atoms with Crippen molar-refractivity contribution in [2.45, 2.75) is 38.5 Å². The summed E-state index contributed by atoms with van der Waals surface area (Å²) in [5.41, 5.74) is 0.920. The number of urea groups is 1. The molecule has 2 atom stereocenters. The van der Waals surface area contributed by atoms with E-state index < -0.39 is 12.2 Å². The number of rotatable bonds is 14. The van der Waals surface area contributed by atoms with Crippen molar-refractivity contribution >= 4 is 30.1 Å². The third-order valence-electron chi connectivity index (χ3n) is 6.10. The van der Waals surface area contributed by atoms with Crippen molar-refractivity contribution in [1.29, 1.82) is 0 Å². The Hall–Kier alpha value is -2.50. The lowest BCUT2D eigenvalue weighted by atomic mass is 10.1. The second kappa shape index (κ2) is 14.8. The molecule has 1 heterocycles. The summed E-state index contributed by atoms with van der Waals surface area (Å²) in [5, 5.41) is 6.30. The van der Waals surface area contributed by atoms with Crippen LogP contribution in [-0.2, 0) is 20.9 Å². The average Bonchev–Trinajstić information content (AvgIpc) is 2.88. The van der Waals surface area contributed by atoms with Crippen molar-refractivity contribution in [3.8, 4) is 5.75 Å². The maximum absolute atomic E-state index is 13.4. The first-order valence-corrected chi connectivity index (χ1v) is 13.2. The van der Waals surface area contributed by atoms with Gasteiger partial charge in [0.25, 0.3) is 0 Å². The maximum atomic E-state index is 13.4. The highest BCUT2D eigenvalue weighted by molar-refractivity contribution is 7.98. The number of piperazine rings is 1. The normalized spacial score (nSPS) is 18.1. The Balaban J connectivity index is 2.28. The number of carbonyl (C=O) groups excluding carboxylic acids is 3. The van der Waals surface area contributed by atoms with Crippen LogP contribution in [-0.4, -0.2) is 110 Å². The fourth-order valence-electron chi connectivity index (χ4n) is 4.05. The van der Waals surface area contributed by atoms with E-state index in [0.717, 1.165) is 17.1 Å². The van der Waals surface area contributed by atoms with Crippen molar-refractivity contribution in [3.05, 3.63) is 29.8 Å². The Morgan fingerprint density at radius 1 is 1.29 bits per heavy atom. The quantitative estimate of drug-likeness (QED) is 0.232. The molecular formula is C24H39N5O5S. The molecule has 1 aliphatic rings. The highest BCUT2D eigenvalue weighted by Gasteiger charge is 2.44. The number of hydrazine groups is 1. The lowest BCUT2D eigenvalue weighted by Crippen LogP contribution is -2.70. The van der Waals surface area contributed by atoms with Crippen LogP contribution in [0.5, 0.6) is 5.75 Å². The molecule has 1 unspecified atom stereocenters. The Morgan fingerprint density at radius 2 is 2.00 bits per heavy atom. The summed E-state index contributed by atoms with van der Waals surface area (Å²) in [6, 6.07) is 6.50. The molecule has 1 fully saturated rings. The molecule has 1 aliphatic heterocycles. The van der Waals surface area contributed by atoms with Gasteiger partial charge in [-0.1, -0.05) is 19.1 Å². The number of methoxy groups -OCH3 is 2. The third-order valence-corrected chi connectivity index (χ3v) is 6.74. The van der Waals surface area contributed by atoms with Gasteiger partial charge in [0, 0.05) is 40.4 Å².